The molecule has 114 valence electrons. The van der Waals surface area contributed by atoms with Gasteiger partial charge in [0, 0.05) is 30.6 Å². The molecule has 0 fully saturated rings. The Kier molecular flexibility index (Phi) is 1.91. The average molecular weight is 308 g/mol. The van der Waals surface area contributed by atoms with Crippen molar-refractivity contribution in [1.29, 1.82) is 0 Å². The molecule has 2 heterocycles. The Bertz CT molecular complexity index is 1250. The Balaban J connectivity index is 2.10. The summed E-state index contributed by atoms with van der Waals surface area (Å²) in [6, 6.07) is 13.1. The zero-order valence-corrected chi connectivity index (χ0v) is 13.0. The summed E-state index contributed by atoms with van der Waals surface area (Å²) in [5, 5.41) is 1.90. The van der Waals surface area contributed by atoms with Crippen molar-refractivity contribution in [3.63, 3.8) is 0 Å². The standard InChI is InChI=1S/C21H20NO/c1-13-9-10-17-16-7-5-6-8-19(16)23-21(17)20(13)18-11-14(2)15(3)12-22(18)4/h5-12H,1-4H3/q+1/i2D3,3D3. The molecule has 0 saturated carbocycles. The van der Waals surface area contributed by atoms with E-state index < -0.39 is 13.7 Å². The van der Waals surface area contributed by atoms with Crippen LogP contribution in [0.3, 0.4) is 0 Å². The van der Waals surface area contributed by atoms with Gasteiger partial charge in [0.25, 0.3) is 0 Å². The number of aromatic nitrogens is 1. The molecule has 0 bridgehead atoms. The van der Waals surface area contributed by atoms with Crippen LogP contribution in [0.1, 0.15) is 24.9 Å². The van der Waals surface area contributed by atoms with E-state index >= 15 is 0 Å². The van der Waals surface area contributed by atoms with E-state index in [1.807, 2.05) is 43.3 Å². The van der Waals surface area contributed by atoms with Gasteiger partial charge in [-0.1, -0.05) is 30.3 Å². The van der Waals surface area contributed by atoms with Crippen molar-refractivity contribution in [2.75, 3.05) is 0 Å². The number of rotatable bonds is 1. The van der Waals surface area contributed by atoms with Crippen molar-refractivity contribution < 1.29 is 17.2 Å². The number of hydrogen-bond donors (Lipinski definition) is 0. The fraction of sp³-hybridized carbons (Fsp3) is 0.190. The number of pyridine rings is 1. The van der Waals surface area contributed by atoms with Gasteiger partial charge in [0.2, 0.25) is 5.69 Å². The largest absolute Gasteiger partial charge is 0.455 e. The van der Waals surface area contributed by atoms with Gasteiger partial charge in [0.15, 0.2) is 6.20 Å². The Morgan fingerprint density at radius 2 is 1.78 bits per heavy atom. The zero-order valence-electron chi connectivity index (χ0n) is 19.0. The minimum Gasteiger partial charge on any atom is -0.455 e. The maximum Gasteiger partial charge on any atom is 0.216 e. The lowest BCUT2D eigenvalue weighted by Gasteiger charge is -2.07. The molecule has 0 N–H and O–H groups in total. The van der Waals surface area contributed by atoms with Gasteiger partial charge in [0.05, 0.1) is 5.56 Å². The molecule has 2 aromatic heterocycles. The zero-order chi connectivity index (χ0) is 21.1. The number of aryl methyl sites for hydroxylation is 4. The van der Waals surface area contributed by atoms with Crippen LogP contribution in [0.15, 0.2) is 53.1 Å². The molecule has 4 aromatic rings. The number of fused-ring (bicyclic) bond motifs is 3. The average Bonchev–Trinajstić information content (AvgIpc) is 2.98. The molecule has 0 atom stereocenters. The Morgan fingerprint density at radius 1 is 0.957 bits per heavy atom. The molecule has 2 nitrogen and oxygen atoms in total. The van der Waals surface area contributed by atoms with E-state index in [4.69, 9.17) is 12.6 Å². The van der Waals surface area contributed by atoms with Gasteiger partial charge in [-0.15, -0.1) is 0 Å². The first kappa shape index (κ1) is 8.88. The van der Waals surface area contributed by atoms with Gasteiger partial charge in [-0.25, -0.2) is 4.57 Å². The van der Waals surface area contributed by atoms with Crippen LogP contribution in [0.5, 0.6) is 0 Å². The predicted octanol–water partition coefficient (Wildman–Crippen LogP) is 5.00. The second kappa shape index (κ2) is 4.95. The van der Waals surface area contributed by atoms with Crippen LogP contribution in [0.4, 0.5) is 0 Å². The highest BCUT2D eigenvalue weighted by Crippen LogP contribution is 2.36. The highest BCUT2D eigenvalue weighted by atomic mass is 16.3. The SMILES string of the molecule is [2H]C([2H])([2H])c1cc(-c2c(C)ccc3c2oc2ccccc23)[n+](C)cc1C([2H])([2H])[2H]. The van der Waals surface area contributed by atoms with Crippen molar-refractivity contribution in [2.45, 2.75) is 20.6 Å². The van der Waals surface area contributed by atoms with E-state index in [0.717, 1.165) is 27.5 Å². The lowest BCUT2D eigenvalue weighted by Crippen LogP contribution is -2.31. The first-order valence-electron chi connectivity index (χ1n) is 10.4. The van der Waals surface area contributed by atoms with Gasteiger partial charge < -0.3 is 4.42 Å². The van der Waals surface area contributed by atoms with Crippen molar-refractivity contribution in [2.24, 2.45) is 7.05 Å². The molecular weight excluding hydrogens is 282 g/mol. The van der Waals surface area contributed by atoms with E-state index in [0.29, 0.717) is 11.3 Å². The van der Waals surface area contributed by atoms with Crippen LogP contribution in [-0.2, 0) is 7.05 Å². The highest BCUT2D eigenvalue weighted by molar-refractivity contribution is 6.09. The van der Waals surface area contributed by atoms with Crippen molar-refractivity contribution >= 4 is 21.9 Å². The first-order chi connectivity index (χ1) is 13.5. The van der Waals surface area contributed by atoms with Gasteiger partial charge >= 0.3 is 0 Å². The van der Waals surface area contributed by atoms with Crippen LogP contribution in [0.2, 0.25) is 0 Å². The molecule has 4 rings (SSSR count). The van der Waals surface area contributed by atoms with Gasteiger partial charge in [-0.2, -0.15) is 0 Å². The second-order valence-corrected chi connectivity index (χ2v) is 5.83. The lowest BCUT2D eigenvalue weighted by molar-refractivity contribution is -0.660. The summed E-state index contributed by atoms with van der Waals surface area (Å²) in [5.74, 6) is 0. The molecule has 23 heavy (non-hydrogen) atoms. The molecule has 2 aromatic carbocycles. The van der Waals surface area contributed by atoms with Gasteiger partial charge in [-0.05, 0) is 37.8 Å². The Morgan fingerprint density at radius 3 is 2.61 bits per heavy atom. The van der Waals surface area contributed by atoms with E-state index in [1.54, 1.807) is 11.6 Å². The fourth-order valence-corrected chi connectivity index (χ4v) is 3.10. The molecule has 0 aliphatic heterocycles. The number of benzene rings is 2. The van der Waals surface area contributed by atoms with Crippen LogP contribution >= 0.6 is 0 Å². The lowest BCUT2D eigenvalue weighted by atomic mass is 9.99. The van der Waals surface area contributed by atoms with E-state index in [9.17, 15) is 0 Å². The summed E-state index contributed by atoms with van der Waals surface area (Å²) in [4.78, 5) is 0. The number of furan rings is 1. The molecule has 0 saturated heterocycles. The first-order valence-corrected chi connectivity index (χ1v) is 7.44. The maximum absolute atomic E-state index is 7.88. The molecule has 2 heteroatoms. The Labute approximate surface area is 144 Å². The van der Waals surface area contributed by atoms with E-state index in [-0.39, 0.29) is 11.1 Å². The molecule has 0 radical (unpaired) electrons. The molecule has 0 unspecified atom stereocenters. The fourth-order valence-electron chi connectivity index (χ4n) is 3.10. The third-order valence-electron chi connectivity index (χ3n) is 4.29. The molecule has 0 amide bonds. The van der Waals surface area contributed by atoms with Gasteiger partial charge in [-0.3, -0.25) is 0 Å². The molecular formula is C21H20NO+. The summed E-state index contributed by atoms with van der Waals surface area (Å²) in [6.45, 7) is -3.16. The summed E-state index contributed by atoms with van der Waals surface area (Å²) in [7, 11) is 1.72. The van der Waals surface area contributed by atoms with Crippen molar-refractivity contribution in [3.8, 4) is 11.3 Å². The minimum atomic E-state index is -2.55. The Hall–Kier alpha value is -2.61. The topological polar surface area (TPSA) is 17.0 Å². The van der Waals surface area contributed by atoms with Crippen molar-refractivity contribution in [1.82, 2.24) is 0 Å². The van der Waals surface area contributed by atoms with Crippen LogP contribution in [0, 0.1) is 20.6 Å². The molecule has 0 aliphatic carbocycles. The molecule has 0 aliphatic rings. The summed E-state index contributed by atoms with van der Waals surface area (Å²) >= 11 is 0. The second-order valence-electron chi connectivity index (χ2n) is 5.83. The maximum atomic E-state index is 7.88. The highest BCUT2D eigenvalue weighted by Gasteiger charge is 2.21. The summed E-state index contributed by atoms with van der Waals surface area (Å²) in [6.07, 6.45) is 1.39. The van der Waals surface area contributed by atoms with Gasteiger partial charge in [0.1, 0.15) is 18.2 Å². The van der Waals surface area contributed by atoms with Crippen LogP contribution in [-0.4, -0.2) is 0 Å². The quantitative estimate of drug-likeness (QED) is 0.452. The number of hydrogen-bond acceptors (Lipinski definition) is 1. The van der Waals surface area contributed by atoms with Crippen LogP contribution in [0.25, 0.3) is 33.2 Å². The van der Waals surface area contributed by atoms with Crippen LogP contribution < -0.4 is 4.57 Å². The molecule has 0 spiro atoms. The normalized spacial score (nSPS) is 16.4. The smallest absolute Gasteiger partial charge is 0.216 e. The predicted molar refractivity (Wildman–Crippen MR) is 94.5 cm³/mol. The number of para-hydroxylation sites is 1. The van der Waals surface area contributed by atoms with Crippen molar-refractivity contribution in [3.05, 3.63) is 65.4 Å². The van der Waals surface area contributed by atoms with E-state index in [2.05, 4.69) is 0 Å². The third-order valence-corrected chi connectivity index (χ3v) is 4.29. The third kappa shape index (κ3) is 2.06. The monoisotopic (exact) mass is 308 g/mol. The summed E-state index contributed by atoms with van der Waals surface area (Å²) < 4.78 is 54.7. The summed E-state index contributed by atoms with van der Waals surface area (Å²) in [5.41, 5.74) is 3.31. The minimum absolute atomic E-state index is 0.168. The van der Waals surface area contributed by atoms with E-state index in [1.165, 1.54) is 12.3 Å². The number of nitrogens with zero attached hydrogens (tertiary/aromatic N) is 1.